The summed E-state index contributed by atoms with van der Waals surface area (Å²) in [4.78, 5) is 37.7. The third-order valence-electron chi connectivity index (χ3n) is 4.91. The summed E-state index contributed by atoms with van der Waals surface area (Å²) in [7, 11) is 0. The van der Waals surface area contributed by atoms with E-state index in [4.69, 9.17) is 5.73 Å². The average molecular weight is 452 g/mol. The van der Waals surface area contributed by atoms with Crippen LogP contribution in [0.5, 0.6) is 0 Å². The van der Waals surface area contributed by atoms with Crippen LogP contribution in [-0.4, -0.2) is 29.2 Å². The maximum Gasteiger partial charge on any atom is 0.265 e. The van der Waals surface area contributed by atoms with Crippen molar-refractivity contribution in [2.45, 2.75) is 13.0 Å². The Hall–Kier alpha value is -4.27. The average Bonchev–Trinajstić information content (AvgIpc) is 3.17. The van der Waals surface area contributed by atoms with Crippen molar-refractivity contribution < 1.29 is 23.2 Å². The number of amides is 3. The molecule has 0 bridgehead atoms. The third kappa shape index (κ3) is 5.70. The minimum atomic E-state index is -1.05. The SMILES string of the molecule is C=CN(Cc1ccc(F)c(F)c1)C(=O)/C(=C\N)C(=O)NC/C=C/c1ccc2c(c1)NC(=O)C2. The standard InChI is InChI=1S/C24H22F2N4O3/c1-2-30(14-16-6-8-19(25)20(26)10-16)24(33)18(13-27)23(32)28-9-3-4-15-5-7-17-12-22(31)29-21(17)11-15/h2-8,10-11,13H,1,9,12,14,27H2,(H,28,32)(H,29,31)/b4-3+,18-13-. The predicted octanol–water partition coefficient (Wildman–Crippen LogP) is 2.60. The molecule has 4 N–H and O–H groups in total. The van der Waals surface area contributed by atoms with Crippen molar-refractivity contribution in [1.29, 1.82) is 0 Å². The van der Waals surface area contributed by atoms with E-state index in [1.165, 1.54) is 12.3 Å². The van der Waals surface area contributed by atoms with E-state index in [1.807, 2.05) is 18.2 Å². The summed E-state index contributed by atoms with van der Waals surface area (Å²) in [6.45, 7) is 3.52. The molecule has 170 valence electrons. The van der Waals surface area contributed by atoms with Gasteiger partial charge in [-0.3, -0.25) is 14.4 Å². The number of nitrogens with one attached hydrogen (secondary N) is 2. The summed E-state index contributed by atoms with van der Waals surface area (Å²) < 4.78 is 26.6. The third-order valence-corrected chi connectivity index (χ3v) is 4.91. The molecular formula is C24H22F2N4O3. The van der Waals surface area contributed by atoms with Gasteiger partial charge in [0.05, 0.1) is 13.0 Å². The predicted molar refractivity (Wildman–Crippen MR) is 120 cm³/mol. The van der Waals surface area contributed by atoms with E-state index in [2.05, 4.69) is 17.2 Å². The van der Waals surface area contributed by atoms with Gasteiger partial charge in [0.2, 0.25) is 5.91 Å². The Balaban J connectivity index is 1.58. The number of fused-ring (bicyclic) bond motifs is 1. The van der Waals surface area contributed by atoms with Gasteiger partial charge < -0.3 is 21.3 Å². The number of halogens is 2. The molecule has 0 spiro atoms. The van der Waals surface area contributed by atoms with Crippen LogP contribution in [0, 0.1) is 11.6 Å². The number of hydrogen-bond donors (Lipinski definition) is 3. The second-order valence-corrected chi connectivity index (χ2v) is 7.20. The topological polar surface area (TPSA) is 105 Å². The maximum absolute atomic E-state index is 13.4. The largest absolute Gasteiger partial charge is 0.404 e. The molecule has 0 unspecified atom stereocenters. The molecular weight excluding hydrogens is 430 g/mol. The smallest absolute Gasteiger partial charge is 0.265 e. The van der Waals surface area contributed by atoms with Gasteiger partial charge in [0.25, 0.3) is 11.8 Å². The number of hydrogen-bond acceptors (Lipinski definition) is 4. The Morgan fingerprint density at radius 3 is 2.67 bits per heavy atom. The van der Waals surface area contributed by atoms with Crippen molar-refractivity contribution in [2.75, 3.05) is 11.9 Å². The summed E-state index contributed by atoms with van der Waals surface area (Å²) >= 11 is 0. The Kier molecular flexibility index (Phi) is 7.34. The fourth-order valence-electron chi connectivity index (χ4n) is 3.23. The van der Waals surface area contributed by atoms with Gasteiger partial charge in [-0.25, -0.2) is 8.78 Å². The number of rotatable bonds is 8. The molecule has 0 aromatic heterocycles. The highest BCUT2D eigenvalue weighted by Gasteiger charge is 2.22. The first-order valence-electron chi connectivity index (χ1n) is 9.99. The van der Waals surface area contributed by atoms with Crippen LogP contribution in [0.25, 0.3) is 6.08 Å². The fourth-order valence-corrected chi connectivity index (χ4v) is 3.23. The minimum Gasteiger partial charge on any atom is -0.404 e. The first-order valence-corrected chi connectivity index (χ1v) is 9.99. The maximum atomic E-state index is 13.4. The highest BCUT2D eigenvalue weighted by Crippen LogP contribution is 2.24. The van der Waals surface area contributed by atoms with Crippen LogP contribution >= 0.6 is 0 Å². The van der Waals surface area contributed by atoms with Gasteiger partial charge >= 0.3 is 0 Å². The van der Waals surface area contributed by atoms with Gasteiger partial charge in [-0.1, -0.05) is 36.9 Å². The van der Waals surface area contributed by atoms with E-state index in [1.54, 1.807) is 12.2 Å². The molecule has 3 rings (SSSR count). The zero-order valence-corrected chi connectivity index (χ0v) is 17.6. The summed E-state index contributed by atoms with van der Waals surface area (Å²) in [6, 6.07) is 8.77. The van der Waals surface area contributed by atoms with Crippen LogP contribution in [-0.2, 0) is 27.3 Å². The molecule has 7 nitrogen and oxygen atoms in total. The lowest BCUT2D eigenvalue weighted by Crippen LogP contribution is -2.35. The van der Waals surface area contributed by atoms with E-state index in [0.29, 0.717) is 12.0 Å². The second-order valence-electron chi connectivity index (χ2n) is 7.20. The Labute approximate surface area is 189 Å². The van der Waals surface area contributed by atoms with E-state index < -0.39 is 23.4 Å². The van der Waals surface area contributed by atoms with E-state index in [9.17, 15) is 23.2 Å². The molecule has 3 amide bonds. The summed E-state index contributed by atoms with van der Waals surface area (Å²) in [6.07, 6.45) is 5.86. The van der Waals surface area contributed by atoms with Gasteiger partial charge in [-0.05, 0) is 34.9 Å². The van der Waals surface area contributed by atoms with Crippen LogP contribution in [0.4, 0.5) is 14.5 Å². The van der Waals surface area contributed by atoms with Gasteiger partial charge in [0.1, 0.15) is 5.57 Å². The van der Waals surface area contributed by atoms with Crippen molar-refractivity contribution in [3.05, 3.63) is 95.4 Å². The van der Waals surface area contributed by atoms with Crippen LogP contribution in [0.1, 0.15) is 16.7 Å². The highest BCUT2D eigenvalue weighted by atomic mass is 19.2. The van der Waals surface area contributed by atoms with E-state index in [0.717, 1.165) is 40.0 Å². The van der Waals surface area contributed by atoms with Crippen molar-refractivity contribution in [3.63, 3.8) is 0 Å². The number of nitrogens with zero attached hydrogens (tertiary/aromatic N) is 1. The molecule has 33 heavy (non-hydrogen) atoms. The molecule has 0 saturated heterocycles. The molecule has 0 atom stereocenters. The lowest BCUT2D eigenvalue weighted by Gasteiger charge is -2.19. The minimum absolute atomic E-state index is 0.0534. The van der Waals surface area contributed by atoms with Crippen molar-refractivity contribution in [2.24, 2.45) is 5.73 Å². The van der Waals surface area contributed by atoms with Crippen LogP contribution in [0.15, 0.2) is 67.0 Å². The van der Waals surface area contributed by atoms with E-state index >= 15 is 0 Å². The number of benzene rings is 2. The number of carbonyl (C=O) groups excluding carboxylic acids is 3. The second kappa shape index (κ2) is 10.4. The molecule has 0 radical (unpaired) electrons. The fraction of sp³-hybridized carbons (Fsp3) is 0.125. The number of carbonyl (C=O) groups is 3. The Morgan fingerprint density at radius 2 is 1.97 bits per heavy atom. The molecule has 9 heteroatoms. The lowest BCUT2D eigenvalue weighted by molar-refractivity contribution is -0.128. The molecule has 2 aromatic rings. The summed E-state index contributed by atoms with van der Waals surface area (Å²) in [5.74, 6) is -3.55. The van der Waals surface area contributed by atoms with Gasteiger partial charge in [-0.15, -0.1) is 0 Å². The first-order chi connectivity index (χ1) is 15.8. The zero-order valence-electron chi connectivity index (χ0n) is 17.6. The first kappa shape index (κ1) is 23.4. The molecule has 0 aliphatic carbocycles. The molecule has 0 saturated carbocycles. The van der Waals surface area contributed by atoms with Crippen molar-refractivity contribution in [1.82, 2.24) is 10.2 Å². The summed E-state index contributed by atoms with van der Waals surface area (Å²) in [5, 5.41) is 5.34. The van der Waals surface area contributed by atoms with Crippen LogP contribution < -0.4 is 16.4 Å². The van der Waals surface area contributed by atoms with Gasteiger partial charge in [0, 0.05) is 24.6 Å². The quantitative estimate of drug-likeness (QED) is 0.325. The Morgan fingerprint density at radius 1 is 1.18 bits per heavy atom. The van der Waals surface area contributed by atoms with Crippen LogP contribution in [0.3, 0.4) is 0 Å². The summed E-state index contributed by atoms with van der Waals surface area (Å²) in [5.41, 5.74) is 8.00. The van der Waals surface area contributed by atoms with Crippen LogP contribution in [0.2, 0.25) is 0 Å². The lowest BCUT2D eigenvalue weighted by atomic mass is 10.1. The number of anilines is 1. The molecule has 1 aliphatic rings. The zero-order chi connectivity index (χ0) is 24.0. The molecule has 1 aliphatic heterocycles. The monoisotopic (exact) mass is 452 g/mol. The Bertz CT molecular complexity index is 1170. The van der Waals surface area contributed by atoms with Gasteiger partial charge in [0.15, 0.2) is 11.6 Å². The molecule has 0 fully saturated rings. The number of nitrogens with two attached hydrogens (primary N) is 1. The van der Waals surface area contributed by atoms with Crippen molar-refractivity contribution in [3.8, 4) is 0 Å². The van der Waals surface area contributed by atoms with Gasteiger partial charge in [-0.2, -0.15) is 0 Å². The molecule has 1 heterocycles. The van der Waals surface area contributed by atoms with Crippen molar-refractivity contribution >= 4 is 29.5 Å². The highest BCUT2D eigenvalue weighted by molar-refractivity contribution is 6.18. The van der Waals surface area contributed by atoms with E-state index in [-0.39, 0.29) is 24.6 Å². The molecule has 2 aromatic carbocycles. The normalized spacial score (nSPS) is 12.9.